The van der Waals surface area contributed by atoms with Crippen LogP contribution in [-0.2, 0) is 14.0 Å². The smallest absolute Gasteiger partial charge is 0.230 e. The molecule has 0 aliphatic rings. The molecule has 0 saturated carbocycles. The van der Waals surface area contributed by atoms with Crippen LogP contribution in [0.2, 0.25) is 0 Å². The first-order chi connectivity index (χ1) is 16.3. The Balaban J connectivity index is 2.07. The number of aryl methyl sites for hydroxylation is 2. The van der Waals surface area contributed by atoms with Gasteiger partial charge in [-0.2, -0.15) is 0 Å². The van der Waals surface area contributed by atoms with Crippen LogP contribution in [0.25, 0.3) is 0 Å². The molecular weight excluding hydrogens is 447 g/mol. The second-order valence-electron chi connectivity index (χ2n) is 8.25. The van der Waals surface area contributed by atoms with Gasteiger partial charge in [0.2, 0.25) is 12.7 Å². The lowest BCUT2D eigenvalue weighted by atomic mass is 9.91. The average Bonchev–Trinajstić information content (AvgIpc) is 2.84. The molecule has 0 unspecified atom stereocenters. The molecule has 0 saturated heterocycles. The minimum absolute atomic E-state index is 0.101. The predicted octanol–water partition coefficient (Wildman–Crippen LogP) is 5.00. The summed E-state index contributed by atoms with van der Waals surface area (Å²) in [5.74, 6) is -0.101. The molecule has 0 aromatic heterocycles. The van der Waals surface area contributed by atoms with Crippen molar-refractivity contribution >= 4 is 29.1 Å². The fourth-order valence-electron chi connectivity index (χ4n) is 4.29. The van der Waals surface area contributed by atoms with Crippen molar-refractivity contribution in [3.63, 3.8) is 0 Å². The maximum atomic E-state index is 14.6. The van der Waals surface area contributed by atoms with Crippen LogP contribution in [0.5, 0.6) is 0 Å². The molecule has 3 aromatic rings. The third-order valence-electron chi connectivity index (χ3n) is 5.90. The predicted molar refractivity (Wildman–Crippen MR) is 136 cm³/mol. The summed E-state index contributed by atoms with van der Waals surface area (Å²) in [4.78, 5) is 27.2. The van der Waals surface area contributed by atoms with Gasteiger partial charge in [-0.1, -0.05) is 66.7 Å². The van der Waals surface area contributed by atoms with Crippen LogP contribution in [0, 0.1) is 20.8 Å². The summed E-state index contributed by atoms with van der Waals surface area (Å²) < 4.78 is 25.0. The molecule has 0 N–H and O–H groups in total. The van der Waals surface area contributed by atoms with Crippen molar-refractivity contribution in [3.05, 3.63) is 94.5 Å². The molecule has 3 rings (SSSR count). The number of hydrogen-bond acceptors (Lipinski definition) is 5. The van der Waals surface area contributed by atoms with E-state index in [-0.39, 0.29) is 18.8 Å². The van der Waals surface area contributed by atoms with Gasteiger partial charge in [-0.3, -0.25) is 9.59 Å². The third-order valence-corrected chi connectivity index (χ3v) is 8.74. The number of ketones is 1. The summed E-state index contributed by atoms with van der Waals surface area (Å²) in [6, 6.07) is 19.5. The van der Waals surface area contributed by atoms with Gasteiger partial charge in [-0.05, 0) is 37.5 Å². The number of carbonyl (C=O) groups is 2. The van der Waals surface area contributed by atoms with Gasteiger partial charge >= 0.3 is 0 Å². The Hall–Kier alpha value is -2.85. The summed E-state index contributed by atoms with van der Waals surface area (Å²) >= 11 is 0. The van der Waals surface area contributed by atoms with Crippen LogP contribution in [0.4, 0.5) is 0 Å². The molecule has 0 radical (unpaired) electrons. The third kappa shape index (κ3) is 5.28. The van der Waals surface area contributed by atoms with Gasteiger partial charge in [0.15, 0.2) is 5.78 Å². The molecule has 0 amide bonds. The van der Waals surface area contributed by atoms with Gasteiger partial charge in [-0.15, -0.1) is 0 Å². The summed E-state index contributed by atoms with van der Waals surface area (Å²) in [5.41, 5.74) is 2.46. The summed E-state index contributed by atoms with van der Waals surface area (Å²) in [6.45, 7) is 6.61. The number of rotatable bonds is 11. The monoisotopic (exact) mass is 478 g/mol. The second-order valence-corrected chi connectivity index (χ2v) is 10.9. The number of carbonyl (C=O) groups excluding carboxylic acids is 2. The normalized spacial score (nSPS) is 11.4. The lowest BCUT2D eigenvalue weighted by Crippen LogP contribution is -2.24. The fraction of sp³-hybridized carbons (Fsp3) is 0.286. The Kier molecular flexibility index (Phi) is 8.73. The van der Waals surface area contributed by atoms with Crippen LogP contribution < -0.4 is 10.6 Å². The van der Waals surface area contributed by atoms with E-state index in [9.17, 15) is 14.2 Å². The highest BCUT2D eigenvalue weighted by Gasteiger charge is 2.38. The van der Waals surface area contributed by atoms with E-state index in [0.717, 1.165) is 5.56 Å². The van der Waals surface area contributed by atoms with Crippen LogP contribution in [0.15, 0.2) is 66.7 Å². The second kappa shape index (κ2) is 11.5. The highest BCUT2D eigenvalue weighted by atomic mass is 31.2. The molecule has 0 heterocycles. The van der Waals surface area contributed by atoms with E-state index < -0.39 is 12.7 Å². The van der Waals surface area contributed by atoms with Gasteiger partial charge in [0.05, 0.1) is 19.8 Å². The average molecular weight is 479 g/mol. The van der Waals surface area contributed by atoms with E-state index in [1.807, 2.05) is 32.0 Å². The van der Waals surface area contributed by atoms with Crippen LogP contribution >= 0.6 is 7.14 Å². The van der Waals surface area contributed by atoms with Crippen molar-refractivity contribution in [3.8, 4) is 0 Å². The molecular formula is C28H31O5P. The standard InChI is InChI=1S/C28H31O5P/c1-20-19-21(2)27(22(3)26(20)25(29)15-16-33-18-17-32-4)28(30)34(31,23-11-7-5-8-12-23)24-13-9-6-10-14-24/h5-14,19H,15-18H2,1-4H3. The molecule has 178 valence electrons. The first-order valence-corrected chi connectivity index (χ1v) is 13.0. The van der Waals surface area contributed by atoms with Gasteiger partial charge in [0.25, 0.3) is 0 Å². The molecule has 3 aromatic carbocycles. The number of hydrogen-bond donors (Lipinski definition) is 0. The van der Waals surface area contributed by atoms with Crippen LogP contribution in [0.1, 0.15) is 43.8 Å². The van der Waals surface area contributed by atoms with E-state index >= 15 is 0 Å². The number of benzene rings is 3. The molecule has 0 atom stereocenters. The summed E-state index contributed by atoms with van der Waals surface area (Å²) in [5, 5.41) is 0.954. The maximum absolute atomic E-state index is 14.6. The van der Waals surface area contributed by atoms with E-state index in [2.05, 4.69) is 0 Å². The largest absolute Gasteiger partial charge is 0.382 e. The zero-order valence-electron chi connectivity index (χ0n) is 20.2. The zero-order chi connectivity index (χ0) is 24.7. The Morgan fingerprint density at radius 2 is 1.29 bits per heavy atom. The molecule has 0 bridgehead atoms. The summed E-state index contributed by atoms with van der Waals surface area (Å²) in [6.07, 6.45) is 0.192. The number of methoxy groups -OCH3 is 1. The molecule has 0 fully saturated rings. The molecule has 0 spiro atoms. The van der Waals surface area contributed by atoms with E-state index in [1.165, 1.54) is 0 Å². The van der Waals surface area contributed by atoms with Gasteiger partial charge in [0, 0.05) is 35.3 Å². The highest BCUT2D eigenvalue weighted by molar-refractivity contribution is 7.93. The number of ether oxygens (including phenoxy) is 2. The van der Waals surface area contributed by atoms with Crippen molar-refractivity contribution in [1.82, 2.24) is 0 Å². The van der Waals surface area contributed by atoms with E-state index in [0.29, 0.717) is 46.1 Å². The Morgan fingerprint density at radius 1 is 0.765 bits per heavy atom. The van der Waals surface area contributed by atoms with Crippen molar-refractivity contribution < 1.29 is 23.6 Å². The van der Waals surface area contributed by atoms with Gasteiger partial charge in [-0.25, -0.2) is 0 Å². The highest BCUT2D eigenvalue weighted by Crippen LogP contribution is 2.48. The molecule has 0 aliphatic carbocycles. The maximum Gasteiger partial charge on any atom is 0.230 e. The topological polar surface area (TPSA) is 69.7 Å². The molecule has 0 aliphatic heterocycles. The SMILES string of the molecule is COCCOCCC(=O)c1c(C)cc(C)c(C(=O)P(=O)(c2ccccc2)c2ccccc2)c1C. The summed E-state index contributed by atoms with van der Waals surface area (Å²) in [7, 11) is -2.09. The Labute approximate surface area is 201 Å². The van der Waals surface area contributed by atoms with Crippen molar-refractivity contribution in [2.45, 2.75) is 27.2 Å². The zero-order valence-corrected chi connectivity index (χ0v) is 21.1. The fourth-order valence-corrected chi connectivity index (χ4v) is 6.90. The Bertz CT molecular complexity index is 1160. The van der Waals surface area contributed by atoms with Crippen molar-refractivity contribution in [1.29, 1.82) is 0 Å². The van der Waals surface area contributed by atoms with Crippen LogP contribution in [0.3, 0.4) is 0 Å². The number of Topliss-reactive ketones (excluding diaryl/α,β-unsaturated/α-hetero) is 1. The molecule has 6 heteroatoms. The Morgan fingerprint density at radius 3 is 1.82 bits per heavy atom. The first kappa shape index (κ1) is 25.8. The minimum Gasteiger partial charge on any atom is -0.382 e. The lowest BCUT2D eigenvalue weighted by molar-refractivity contribution is 0.0641. The van der Waals surface area contributed by atoms with Crippen LogP contribution in [-0.4, -0.2) is 38.2 Å². The lowest BCUT2D eigenvalue weighted by Gasteiger charge is -2.22. The quantitative estimate of drug-likeness (QED) is 0.220. The van der Waals surface area contributed by atoms with Crippen molar-refractivity contribution in [2.24, 2.45) is 0 Å². The van der Waals surface area contributed by atoms with Gasteiger partial charge < -0.3 is 14.0 Å². The molecule has 5 nitrogen and oxygen atoms in total. The van der Waals surface area contributed by atoms with Gasteiger partial charge in [0.1, 0.15) is 0 Å². The minimum atomic E-state index is -3.68. The first-order valence-electron chi connectivity index (χ1n) is 11.3. The van der Waals surface area contributed by atoms with E-state index in [1.54, 1.807) is 62.6 Å². The van der Waals surface area contributed by atoms with E-state index in [4.69, 9.17) is 9.47 Å². The van der Waals surface area contributed by atoms with Crippen molar-refractivity contribution in [2.75, 3.05) is 26.9 Å². The molecule has 34 heavy (non-hydrogen) atoms.